The standard InChI is InChI=1S/C52H24O2S/c1-54-50(53)20-5-2-4-19(8-20)16-52-28-15-26-13-24-11-22-9-21-10-23-12-25-14-27-17-51(18-28,29-6-3-7-55-29)48-45-35(27)32(25)37-33(23)36-30(21)31(22)38-34(24)44(47(26)52)42-41(38)39(36)40(37)43(45)46(42)49(48)52/h2-8,10-13,17-18H,9,14-16H2,1H3. The number of hydrogen-bond acceptors (Lipinski definition) is 3. The Morgan fingerprint density at radius 3 is 2.05 bits per heavy atom. The first-order valence-electron chi connectivity index (χ1n) is 19.8. The molecule has 55 heavy (non-hydrogen) atoms. The second-order valence-corrected chi connectivity index (χ2v) is 19.0. The summed E-state index contributed by atoms with van der Waals surface area (Å²) >= 11 is 1.93. The molecule has 6 aliphatic carbocycles. The lowest BCUT2D eigenvalue weighted by Crippen LogP contribution is -2.41. The van der Waals surface area contributed by atoms with Crippen molar-refractivity contribution < 1.29 is 9.53 Å². The van der Waals surface area contributed by atoms with Gasteiger partial charge in [-0.3, -0.25) is 0 Å². The van der Waals surface area contributed by atoms with E-state index in [-0.39, 0.29) is 16.8 Å². The van der Waals surface area contributed by atoms with Crippen molar-refractivity contribution in [3.8, 4) is 0 Å². The molecule has 11 aromatic carbocycles. The first-order chi connectivity index (χ1) is 27.1. The van der Waals surface area contributed by atoms with Crippen LogP contribution in [0.25, 0.3) is 103 Å². The van der Waals surface area contributed by atoms with Crippen LogP contribution in [0.2, 0.25) is 0 Å². The Hall–Kier alpha value is -6.03. The van der Waals surface area contributed by atoms with E-state index in [2.05, 4.69) is 72.1 Å². The third-order valence-corrected chi connectivity index (χ3v) is 17.3. The molecule has 2 unspecified atom stereocenters. The van der Waals surface area contributed by atoms with Gasteiger partial charge in [-0.25, -0.2) is 4.79 Å². The maximum absolute atomic E-state index is 13.0. The maximum atomic E-state index is 13.0. The summed E-state index contributed by atoms with van der Waals surface area (Å²) < 4.78 is 5.27. The van der Waals surface area contributed by atoms with Crippen molar-refractivity contribution in [3.63, 3.8) is 0 Å². The number of carbonyl (C=O) groups is 1. The molecule has 2 atom stereocenters. The highest BCUT2D eigenvalue weighted by atomic mass is 32.1. The van der Waals surface area contributed by atoms with Gasteiger partial charge in [0.1, 0.15) is 0 Å². The molecule has 0 saturated heterocycles. The Kier molecular flexibility index (Phi) is 3.40. The predicted octanol–water partition coefficient (Wildman–Crippen LogP) is 12.0. The Bertz CT molecular complexity index is 4040. The minimum Gasteiger partial charge on any atom is -0.465 e. The van der Waals surface area contributed by atoms with E-state index < -0.39 is 0 Å². The zero-order chi connectivity index (χ0) is 34.9. The van der Waals surface area contributed by atoms with Crippen LogP contribution in [0.15, 0.2) is 83.8 Å². The highest BCUT2D eigenvalue weighted by molar-refractivity contribution is 7.10. The number of rotatable bonds is 4. The second kappa shape index (κ2) is 7.23. The predicted molar refractivity (Wildman–Crippen MR) is 225 cm³/mol. The van der Waals surface area contributed by atoms with E-state index in [1.54, 1.807) is 103 Å². The molecular weight excluding hydrogens is 689 g/mol. The average Bonchev–Trinajstić information content (AvgIpc) is 4.05. The van der Waals surface area contributed by atoms with Crippen LogP contribution >= 0.6 is 11.3 Å². The van der Waals surface area contributed by atoms with E-state index in [1.807, 2.05) is 17.4 Å². The summed E-state index contributed by atoms with van der Waals surface area (Å²) in [5.41, 5.74) is 16.6. The summed E-state index contributed by atoms with van der Waals surface area (Å²) in [6.07, 6.45) is 9.32. The third-order valence-electron chi connectivity index (χ3n) is 16.3. The molecule has 0 spiro atoms. The summed E-state index contributed by atoms with van der Waals surface area (Å²) in [4.78, 5) is 14.4. The van der Waals surface area contributed by atoms with Crippen LogP contribution in [0.1, 0.15) is 65.3 Å². The fraction of sp³-hybridized carbons (Fsp3) is 0.135. The monoisotopic (exact) mass is 712 g/mol. The molecule has 0 fully saturated rings. The van der Waals surface area contributed by atoms with Gasteiger partial charge in [-0.1, -0.05) is 60.2 Å². The minimum atomic E-state index is -0.329. The SMILES string of the molecule is COC(=O)c1cccc(CC23C4=CC5(c6cccs6)C=C6Cc7cc8cc9c%10c%11c(cc%12cc(c2c2c%12c%11c%11c2c2c3c5c3c6c7c5c8c%10c%11c5c32)C4)C9)c1. The molecule has 2 nitrogen and oxygen atoms in total. The summed E-state index contributed by atoms with van der Waals surface area (Å²) in [6, 6.07) is 23.4. The molecular formula is C52H24O2S. The van der Waals surface area contributed by atoms with Gasteiger partial charge in [-0.15, -0.1) is 11.3 Å². The number of carbonyl (C=O) groups excluding carboxylic acids is 1. The maximum Gasteiger partial charge on any atom is 0.337 e. The van der Waals surface area contributed by atoms with Crippen LogP contribution < -0.4 is 0 Å². The van der Waals surface area contributed by atoms with Crippen molar-refractivity contribution in [2.45, 2.75) is 36.5 Å². The zero-order valence-corrected chi connectivity index (χ0v) is 30.4. The summed E-state index contributed by atoms with van der Waals surface area (Å²) in [5.74, 6) is -0.270. The summed E-state index contributed by atoms with van der Waals surface area (Å²) in [6.45, 7) is 0. The normalized spacial score (nSPS) is 22.2. The van der Waals surface area contributed by atoms with E-state index in [9.17, 15) is 4.79 Å². The van der Waals surface area contributed by atoms with Gasteiger partial charge in [0.15, 0.2) is 0 Å². The number of allylic oxidation sites excluding steroid dienone is 4. The van der Waals surface area contributed by atoms with Gasteiger partial charge in [0.05, 0.1) is 18.1 Å². The molecule has 0 radical (unpaired) electrons. The lowest BCUT2D eigenvalue weighted by atomic mass is 9.56. The molecule has 6 aliphatic rings. The first kappa shape index (κ1) is 25.9. The Labute approximate surface area is 315 Å². The largest absolute Gasteiger partial charge is 0.465 e. The van der Waals surface area contributed by atoms with Gasteiger partial charge in [-0.2, -0.15) is 0 Å². The van der Waals surface area contributed by atoms with Crippen molar-refractivity contribution in [2.24, 2.45) is 0 Å². The molecule has 1 aromatic heterocycles. The van der Waals surface area contributed by atoms with Crippen molar-refractivity contribution in [2.75, 3.05) is 7.11 Å². The quantitative estimate of drug-likeness (QED) is 0.103. The van der Waals surface area contributed by atoms with Crippen molar-refractivity contribution in [1.82, 2.24) is 0 Å². The smallest absolute Gasteiger partial charge is 0.337 e. The van der Waals surface area contributed by atoms with Gasteiger partial charge < -0.3 is 4.74 Å². The van der Waals surface area contributed by atoms with Gasteiger partial charge in [0.2, 0.25) is 0 Å². The average molecular weight is 713 g/mol. The van der Waals surface area contributed by atoms with Gasteiger partial charge in [0, 0.05) is 10.3 Å². The second-order valence-electron chi connectivity index (χ2n) is 18.1. The Morgan fingerprint density at radius 2 is 1.29 bits per heavy atom. The molecule has 0 aliphatic heterocycles. The molecule has 250 valence electrons. The number of hydrogen-bond donors (Lipinski definition) is 0. The Balaban J connectivity index is 1.20. The van der Waals surface area contributed by atoms with E-state index in [0.29, 0.717) is 5.56 Å². The molecule has 0 N–H and O–H groups in total. The van der Waals surface area contributed by atoms with Crippen molar-refractivity contribution in [3.05, 3.63) is 144 Å². The number of ether oxygens (including phenoxy) is 1. The zero-order valence-electron chi connectivity index (χ0n) is 29.6. The molecule has 1 heterocycles. The molecule has 18 rings (SSSR count). The lowest BCUT2D eigenvalue weighted by molar-refractivity contribution is 0.0600. The van der Waals surface area contributed by atoms with Crippen LogP contribution in [0, 0.1) is 0 Å². The molecule has 0 bridgehead atoms. The number of esters is 1. The van der Waals surface area contributed by atoms with Crippen molar-refractivity contribution in [1.29, 1.82) is 0 Å². The van der Waals surface area contributed by atoms with Crippen molar-refractivity contribution >= 4 is 120 Å². The van der Waals surface area contributed by atoms with E-state index >= 15 is 0 Å². The van der Waals surface area contributed by atoms with Gasteiger partial charge >= 0.3 is 5.97 Å². The number of methoxy groups -OCH3 is 1. The number of thiophene rings is 1. The first-order valence-corrected chi connectivity index (χ1v) is 20.7. The van der Waals surface area contributed by atoms with Gasteiger partial charge in [0.25, 0.3) is 0 Å². The molecule has 12 aromatic rings. The van der Waals surface area contributed by atoms with Crippen LogP contribution in [-0.4, -0.2) is 13.1 Å². The highest BCUT2D eigenvalue weighted by Gasteiger charge is 2.59. The highest BCUT2D eigenvalue weighted by Crippen LogP contribution is 2.74. The third kappa shape index (κ3) is 2.13. The summed E-state index contributed by atoms with van der Waals surface area (Å²) in [5, 5.41) is 30.0. The van der Waals surface area contributed by atoms with Crippen LogP contribution in [0.4, 0.5) is 0 Å². The van der Waals surface area contributed by atoms with E-state index in [0.717, 1.165) is 25.7 Å². The Morgan fingerprint density at radius 1 is 0.618 bits per heavy atom. The van der Waals surface area contributed by atoms with Crippen LogP contribution in [0.3, 0.4) is 0 Å². The molecule has 0 amide bonds. The van der Waals surface area contributed by atoms with Gasteiger partial charge in [-0.05, 0) is 202 Å². The molecule has 0 saturated carbocycles. The van der Waals surface area contributed by atoms with E-state index in [4.69, 9.17) is 4.74 Å². The van der Waals surface area contributed by atoms with E-state index in [1.165, 1.54) is 66.9 Å². The topological polar surface area (TPSA) is 26.3 Å². The minimum absolute atomic E-state index is 0.270. The fourth-order valence-corrected chi connectivity index (χ4v) is 16.0. The van der Waals surface area contributed by atoms with Crippen LogP contribution in [-0.2, 0) is 41.3 Å². The lowest BCUT2D eigenvalue weighted by Gasteiger charge is -2.46. The fourth-order valence-electron chi connectivity index (χ4n) is 15.1. The molecule has 3 heteroatoms. The van der Waals surface area contributed by atoms with Crippen LogP contribution in [0.5, 0.6) is 0 Å². The number of benzene rings is 8. The summed E-state index contributed by atoms with van der Waals surface area (Å²) in [7, 11) is 1.49.